The van der Waals surface area contributed by atoms with Crippen LogP contribution in [0, 0.1) is 11.8 Å². The van der Waals surface area contributed by atoms with Gasteiger partial charge in [-0.2, -0.15) is 9.97 Å². The number of halogens is 3. The molecule has 368 valence electrons. The van der Waals surface area contributed by atoms with E-state index < -0.39 is 7.12 Å². The molecule has 0 aliphatic carbocycles. The topological polar surface area (TPSA) is 221 Å². The number of hydrogen-bond donors (Lipinski definition) is 2. The minimum atomic E-state index is -1.47. The highest BCUT2D eigenvalue weighted by Gasteiger charge is 2.30. The third-order valence-electron chi connectivity index (χ3n) is 11.9. The number of pyridine rings is 4. The lowest BCUT2D eigenvalue weighted by Crippen LogP contribution is -2.38. The predicted molar refractivity (Wildman–Crippen MR) is 277 cm³/mol. The van der Waals surface area contributed by atoms with Crippen molar-refractivity contribution in [2.45, 2.75) is 91.3 Å². The summed E-state index contributed by atoms with van der Waals surface area (Å²) in [5.41, 5.74) is 3.81. The van der Waals surface area contributed by atoms with Crippen LogP contribution in [0.15, 0.2) is 74.6 Å². The molecule has 2 aliphatic heterocycles. The molecular formula is C46H52BBrCl2N12O6S2. The molecule has 70 heavy (non-hydrogen) atoms. The van der Waals surface area contributed by atoms with Gasteiger partial charge in [-0.15, -0.1) is 0 Å². The molecule has 2 unspecified atom stereocenters. The maximum atomic E-state index is 8.62. The minimum Gasteiger partial charge on any atom is -0.467 e. The number of nitrogens with zero attached hydrogens (tertiary/aromatic N) is 12. The second-order valence-corrected chi connectivity index (χ2v) is 21.0. The number of thiazole rings is 2. The summed E-state index contributed by atoms with van der Waals surface area (Å²) in [5.74, 6) is 2.96. The fourth-order valence-electron chi connectivity index (χ4n) is 7.78. The summed E-state index contributed by atoms with van der Waals surface area (Å²) in [6, 6.07) is 15.6. The van der Waals surface area contributed by atoms with Crippen LogP contribution >= 0.6 is 61.8 Å². The van der Waals surface area contributed by atoms with Crippen molar-refractivity contribution in [1.29, 1.82) is 0 Å². The van der Waals surface area contributed by atoms with Gasteiger partial charge in [0.1, 0.15) is 47.8 Å². The largest absolute Gasteiger partial charge is 0.488 e. The Morgan fingerprint density at radius 1 is 0.643 bits per heavy atom. The molecule has 0 radical (unpaired) electrons. The highest BCUT2D eigenvalue weighted by molar-refractivity contribution is 9.10. The van der Waals surface area contributed by atoms with E-state index in [-0.39, 0.29) is 29.2 Å². The number of hydrogen-bond acceptors (Lipinski definition) is 20. The van der Waals surface area contributed by atoms with Crippen LogP contribution < -0.4 is 24.7 Å². The van der Waals surface area contributed by atoms with Crippen molar-refractivity contribution in [2.75, 3.05) is 36.0 Å². The molecule has 2 fully saturated rings. The van der Waals surface area contributed by atoms with Crippen molar-refractivity contribution in [2.24, 2.45) is 11.8 Å². The Labute approximate surface area is 431 Å². The molecule has 8 aromatic heterocycles. The molecule has 24 heteroatoms. The van der Waals surface area contributed by atoms with Crippen molar-refractivity contribution in [3.8, 4) is 21.6 Å². The lowest BCUT2D eigenvalue weighted by Gasteiger charge is -2.33. The van der Waals surface area contributed by atoms with Gasteiger partial charge in [0, 0.05) is 56.0 Å². The van der Waals surface area contributed by atoms with Crippen LogP contribution in [0.3, 0.4) is 0 Å². The van der Waals surface area contributed by atoms with Crippen LogP contribution in [0.5, 0.6) is 10.4 Å². The summed E-state index contributed by atoms with van der Waals surface area (Å²) >= 11 is 17.8. The summed E-state index contributed by atoms with van der Waals surface area (Å²) < 4.78 is 24.1. The molecule has 18 nitrogen and oxygen atoms in total. The second-order valence-electron chi connectivity index (χ2n) is 17.6. The van der Waals surface area contributed by atoms with Gasteiger partial charge < -0.3 is 38.4 Å². The second kappa shape index (κ2) is 23.4. The van der Waals surface area contributed by atoms with Crippen molar-refractivity contribution < 1.29 is 28.6 Å². The maximum absolute atomic E-state index is 8.62. The first-order valence-corrected chi connectivity index (χ1v) is 26.1. The normalized spacial score (nSPS) is 15.4. The first kappa shape index (κ1) is 51.3. The monoisotopic (exact) mass is 1090 g/mol. The molecule has 0 aromatic carbocycles. The third-order valence-corrected chi connectivity index (χ3v) is 14.5. The van der Waals surface area contributed by atoms with Gasteiger partial charge in [0.15, 0.2) is 11.6 Å². The number of ether oxygens (including phenoxy) is 2. The number of piperidine rings is 2. The average Bonchev–Trinajstić information content (AvgIpc) is 4.19. The Kier molecular flexibility index (Phi) is 17.2. The molecule has 2 saturated heterocycles. The van der Waals surface area contributed by atoms with Gasteiger partial charge in [-0.3, -0.25) is 0 Å². The van der Waals surface area contributed by atoms with Crippen LogP contribution in [-0.2, 0) is 0 Å². The van der Waals surface area contributed by atoms with Gasteiger partial charge in [0.2, 0.25) is 0 Å². The van der Waals surface area contributed by atoms with E-state index in [1.54, 1.807) is 12.3 Å². The summed E-state index contributed by atoms with van der Waals surface area (Å²) in [6.07, 6.45) is 7.29. The summed E-state index contributed by atoms with van der Waals surface area (Å²) in [7, 11) is -1.47. The molecular weight excluding hydrogens is 1040 g/mol. The van der Waals surface area contributed by atoms with E-state index in [9.17, 15) is 0 Å². The van der Waals surface area contributed by atoms with Crippen LogP contribution in [0.1, 0.15) is 90.7 Å². The molecule has 2 aliphatic rings. The Balaban J connectivity index is 0.000000160. The van der Waals surface area contributed by atoms with Gasteiger partial charge in [-0.05, 0) is 121 Å². The van der Waals surface area contributed by atoms with E-state index in [0.29, 0.717) is 44.9 Å². The third kappa shape index (κ3) is 13.2. The first-order valence-electron chi connectivity index (χ1n) is 23.0. The zero-order valence-corrected chi connectivity index (χ0v) is 44.0. The summed E-state index contributed by atoms with van der Waals surface area (Å²) in [5, 5.41) is 27.4. The molecule has 0 saturated carbocycles. The molecule has 2 N–H and O–H groups in total. The van der Waals surface area contributed by atoms with E-state index >= 15 is 0 Å². The molecule has 0 amide bonds. The van der Waals surface area contributed by atoms with Gasteiger partial charge in [-0.25, -0.2) is 29.9 Å². The van der Waals surface area contributed by atoms with Crippen molar-refractivity contribution in [1.82, 2.24) is 50.2 Å². The quantitative estimate of drug-likeness (QED) is 0.0858. The Morgan fingerprint density at radius 3 is 1.59 bits per heavy atom. The molecule has 0 spiro atoms. The average molecular weight is 1090 g/mol. The fourth-order valence-corrected chi connectivity index (χ4v) is 10.3. The summed E-state index contributed by atoms with van der Waals surface area (Å²) in [4.78, 5) is 41.1. The molecule has 10 rings (SSSR count). The lowest BCUT2D eigenvalue weighted by molar-refractivity contribution is 0.131. The fraction of sp³-hybridized carbons (Fsp3) is 0.435. The Morgan fingerprint density at radius 2 is 1.13 bits per heavy atom. The smallest absolute Gasteiger partial charge is 0.467 e. The SMILES string of the molecule is CC(C)c1noc(N2CCC(C(C)Oc3nc4ccc(-c5ccnc(Cl)c5)nc4s3)CC2)n1.CC(C)c1noc(N2CCC(C(C)Oc3nc4ccc(Br)nc4s3)CC2)n1.OB(O)c1ccnc(Cl)c1. The van der Waals surface area contributed by atoms with Gasteiger partial charge in [0.05, 0.1) is 5.69 Å². The van der Waals surface area contributed by atoms with Gasteiger partial charge in [-0.1, -0.05) is 83.9 Å². The first-order chi connectivity index (χ1) is 33.6. The Bertz CT molecular complexity index is 2960. The Hall–Kier alpha value is -5.10. The van der Waals surface area contributed by atoms with Crippen molar-refractivity contribution in [3.63, 3.8) is 0 Å². The number of anilines is 2. The summed E-state index contributed by atoms with van der Waals surface area (Å²) in [6.45, 7) is 16.0. The lowest BCUT2D eigenvalue weighted by atomic mass is 9.81. The van der Waals surface area contributed by atoms with Crippen molar-refractivity contribution >= 4 is 107 Å². The van der Waals surface area contributed by atoms with Crippen LogP contribution in [0.25, 0.3) is 32.0 Å². The van der Waals surface area contributed by atoms with Crippen molar-refractivity contribution in [3.05, 3.63) is 87.5 Å². The number of aromatic nitrogens is 10. The molecule has 8 aromatic rings. The van der Waals surface area contributed by atoms with E-state index in [4.69, 9.17) is 56.8 Å². The molecule has 10 heterocycles. The van der Waals surface area contributed by atoms with Crippen LogP contribution in [-0.4, -0.2) is 106 Å². The van der Waals surface area contributed by atoms with Gasteiger partial charge in [0.25, 0.3) is 10.4 Å². The van der Waals surface area contributed by atoms with Crippen LogP contribution in [0.2, 0.25) is 10.3 Å². The van der Waals surface area contributed by atoms with E-state index in [2.05, 4.69) is 112 Å². The standard InChI is InChI=1S/C23H25ClN6O2S.C18H22BrN5O2S.C5H5BClNO2/c1-13(2)20-28-22(32-29-20)30-10-7-15(8-11-30)14(3)31-23-27-18-5-4-17(26-21(18)33-23)16-6-9-25-19(24)12-16;1-10(2)15-22-17(26-23-15)24-8-6-12(7-9-24)11(3)25-18-20-13-4-5-14(19)21-16(13)27-18;7-5-3-4(6(9)10)1-2-8-5/h4-6,9,12-15H,7-8,10-11H2,1-3H3;4-5,10-12H,6-9H2,1-3H3;1-3,9-10H. The van der Waals surface area contributed by atoms with E-state index in [1.165, 1.54) is 41.0 Å². The maximum Gasteiger partial charge on any atom is 0.488 e. The van der Waals surface area contributed by atoms with E-state index in [0.717, 1.165) is 100 Å². The zero-order chi connectivity index (χ0) is 49.5. The number of rotatable bonds is 12. The zero-order valence-electron chi connectivity index (χ0n) is 39.3. The molecule has 2 atom stereocenters. The molecule has 0 bridgehead atoms. The van der Waals surface area contributed by atoms with Gasteiger partial charge >= 0.3 is 19.1 Å². The predicted octanol–water partition coefficient (Wildman–Crippen LogP) is 9.66. The minimum absolute atomic E-state index is 0.0556. The number of fused-ring (bicyclic) bond motifs is 2. The highest BCUT2D eigenvalue weighted by atomic mass is 79.9. The highest BCUT2D eigenvalue weighted by Crippen LogP contribution is 2.34. The van der Waals surface area contributed by atoms with E-state index in [1.807, 2.05) is 30.3 Å². The van der Waals surface area contributed by atoms with Crippen LogP contribution in [0.4, 0.5) is 12.0 Å².